The zero-order valence-electron chi connectivity index (χ0n) is 12.8. The number of nitrogens with zero attached hydrogens (tertiary/aromatic N) is 4. The lowest BCUT2D eigenvalue weighted by Gasteiger charge is -2.14. The van der Waals surface area contributed by atoms with Crippen LogP contribution in [0.25, 0.3) is 0 Å². The highest BCUT2D eigenvalue weighted by Gasteiger charge is 2.14. The van der Waals surface area contributed by atoms with Crippen LogP contribution in [-0.4, -0.2) is 40.4 Å². The van der Waals surface area contributed by atoms with Gasteiger partial charge in [-0.2, -0.15) is 0 Å². The maximum Gasteiger partial charge on any atom is 0.191 e. The number of aromatic nitrogens is 3. The Morgan fingerprint density at radius 3 is 2.90 bits per heavy atom. The molecule has 0 bridgehead atoms. The topological polar surface area (TPSA) is 67.1 Å². The van der Waals surface area contributed by atoms with Crippen molar-refractivity contribution in [2.45, 2.75) is 58.5 Å². The average molecular weight is 278 g/mol. The Morgan fingerprint density at radius 2 is 2.15 bits per heavy atom. The first kappa shape index (κ1) is 14.8. The standard InChI is InChI=1S/C14H26N6/c1-11(2)17-14(15-3)16-9-8-13-19-18-12-7-5-4-6-10-20(12)13/h11H,4-10H2,1-3H3,(H2,15,16,17). The number of hydrogen-bond acceptors (Lipinski definition) is 3. The van der Waals surface area contributed by atoms with Crippen LogP contribution >= 0.6 is 0 Å². The number of aliphatic imine (C=N–C) groups is 1. The molecule has 0 unspecified atom stereocenters. The van der Waals surface area contributed by atoms with Gasteiger partial charge in [-0.25, -0.2) is 0 Å². The maximum atomic E-state index is 4.34. The van der Waals surface area contributed by atoms with Gasteiger partial charge in [-0.05, 0) is 26.7 Å². The molecule has 2 heterocycles. The minimum atomic E-state index is 0.380. The van der Waals surface area contributed by atoms with Crippen molar-refractivity contribution < 1.29 is 0 Å². The second-order valence-electron chi connectivity index (χ2n) is 5.54. The summed E-state index contributed by atoms with van der Waals surface area (Å²) in [7, 11) is 1.79. The molecule has 0 atom stereocenters. The van der Waals surface area contributed by atoms with E-state index in [1.54, 1.807) is 7.05 Å². The lowest BCUT2D eigenvalue weighted by molar-refractivity contribution is 0.599. The van der Waals surface area contributed by atoms with Gasteiger partial charge in [0.2, 0.25) is 0 Å². The molecule has 6 heteroatoms. The number of fused-ring (bicyclic) bond motifs is 1. The Kier molecular flexibility index (Phi) is 5.38. The summed E-state index contributed by atoms with van der Waals surface area (Å²) in [5.74, 6) is 3.09. The molecule has 112 valence electrons. The molecule has 0 fully saturated rings. The van der Waals surface area contributed by atoms with Gasteiger partial charge >= 0.3 is 0 Å². The first-order valence-electron chi connectivity index (χ1n) is 7.59. The van der Waals surface area contributed by atoms with Crippen molar-refractivity contribution >= 4 is 5.96 Å². The largest absolute Gasteiger partial charge is 0.356 e. The number of aryl methyl sites for hydroxylation is 1. The first-order chi connectivity index (χ1) is 9.70. The average Bonchev–Trinajstić information content (AvgIpc) is 2.66. The quantitative estimate of drug-likeness (QED) is 0.640. The summed E-state index contributed by atoms with van der Waals surface area (Å²) in [6.45, 7) is 6.09. The van der Waals surface area contributed by atoms with Crippen molar-refractivity contribution in [3.63, 3.8) is 0 Å². The fourth-order valence-electron chi connectivity index (χ4n) is 2.49. The van der Waals surface area contributed by atoms with Gasteiger partial charge in [0.15, 0.2) is 5.96 Å². The van der Waals surface area contributed by atoms with Gasteiger partial charge in [-0.3, -0.25) is 4.99 Å². The number of hydrogen-bond donors (Lipinski definition) is 2. The Morgan fingerprint density at radius 1 is 1.30 bits per heavy atom. The zero-order chi connectivity index (χ0) is 14.4. The lowest BCUT2D eigenvalue weighted by Crippen LogP contribution is -2.41. The van der Waals surface area contributed by atoms with Gasteiger partial charge in [0.05, 0.1) is 0 Å². The predicted molar refractivity (Wildman–Crippen MR) is 80.9 cm³/mol. The number of nitrogens with one attached hydrogen (secondary N) is 2. The monoisotopic (exact) mass is 278 g/mol. The van der Waals surface area contributed by atoms with Gasteiger partial charge in [-0.1, -0.05) is 6.42 Å². The van der Waals surface area contributed by atoms with Crippen LogP contribution in [0.1, 0.15) is 44.8 Å². The molecule has 0 aliphatic carbocycles. The summed E-state index contributed by atoms with van der Waals surface area (Å²) in [5, 5.41) is 15.3. The van der Waals surface area contributed by atoms with Crippen molar-refractivity contribution in [1.29, 1.82) is 0 Å². The van der Waals surface area contributed by atoms with Crippen LogP contribution in [0.4, 0.5) is 0 Å². The second kappa shape index (κ2) is 7.26. The number of rotatable bonds is 4. The molecule has 0 amide bonds. The Labute approximate surface area is 121 Å². The third-order valence-electron chi connectivity index (χ3n) is 3.48. The third kappa shape index (κ3) is 3.95. The van der Waals surface area contributed by atoms with Crippen molar-refractivity contribution in [2.24, 2.45) is 4.99 Å². The van der Waals surface area contributed by atoms with Crippen LogP contribution in [-0.2, 0) is 19.4 Å². The smallest absolute Gasteiger partial charge is 0.191 e. The first-order valence-corrected chi connectivity index (χ1v) is 7.59. The fourth-order valence-corrected chi connectivity index (χ4v) is 2.49. The molecule has 0 spiro atoms. The second-order valence-corrected chi connectivity index (χ2v) is 5.54. The summed E-state index contributed by atoms with van der Waals surface area (Å²) in [4.78, 5) is 4.20. The summed E-state index contributed by atoms with van der Waals surface area (Å²) in [6, 6.07) is 0.380. The van der Waals surface area contributed by atoms with Crippen LogP contribution in [0.15, 0.2) is 4.99 Å². The summed E-state index contributed by atoms with van der Waals surface area (Å²) < 4.78 is 2.30. The Bertz CT molecular complexity index is 449. The van der Waals surface area contributed by atoms with E-state index in [2.05, 4.69) is 44.2 Å². The van der Waals surface area contributed by atoms with E-state index >= 15 is 0 Å². The van der Waals surface area contributed by atoms with Crippen LogP contribution in [0.5, 0.6) is 0 Å². The minimum absolute atomic E-state index is 0.380. The SMILES string of the molecule is CN=C(NCCc1nnc2n1CCCCC2)NC(C)C. The van der Waals surface area contributed by atoms with E-state index in [9.17, 15) is 0 Å². The molecule has 1 aliphatic rings. The van der Waals surface area contributed by atoms with Crippen molar-refractivity contribution in [3.05, 3.63) is 11.6 Å². The van der Waals surface area contributed by atoms with E-state index in [1.165, 1.54) is 19.3 Å². The maximum absolute atomic E-state index is 4.34. The summed E-state index contributed by atoms with van der Waals surface area (Å²) in [5.41, 5.74) is 0. The molecule has 0 aromatic carbocycles. The lowest BCUT2D eigenvalue weighted by atomic mass is 10.2. The van der Waals surface area contributed by atoms with Crippen LogP contribution < -0.4 is 10.6 Å². The molecule has 1 aromatic heterocycles. The molecule has 6 nitrogen and oxygen atoms in total. The highest BCUT2D eigenvalue weighted by Crippen LogP contribution is 2.14. The van der Waals surface area contributed by atoms with Gasteiger partial charge in [0.25, 0.3) is 0 Å². The molecule has 2 N–H and O–H groups in total. The fraction of sp³-hybridized carbons (Fsp3) is 0.786. The number of guanidine groups is 1. The highest BCUT2D eigenvalue weighted by atomic mass is 15.3. The molecule has 2 rings (SSSR count). The molecular weight excluding hydrogens is 252 g/mol. The molecular formula is C14H26N6. The van der Waals surface area contributed by atoms with Crippen LogP contribution in [0, 0.1) is 0 Å². The predicted octanol–water partition coefficient (Wildman–Crippen LogP) is 1.12. The molecule has 20 heavy (non-hydrogen) atoms. The molecule has 0 radical (unpaired) electrons. The van der Waals surface area contributed by atoms with Crippen molar-refractivity contribution in [1.82, 2.24) is 25.4 Å². The molecule has 0 saturated heterocycles. The van der Waals surface area contributed by atoms with Crippen molar-refractivity contribution in [3.8, 4) is 0 Å². The van der Waals surface area contributed by atoms with E-state index in [0.717, 1.165) is 43.5 Å². The molecule has 0 saturated carbocycles. The van der Waals surface area contributed by atoms with Gasteiger partial charge in [-0.15, -0.1) is 10.2 Å². The third-order valence-corrected chi connectivity index (χ3v) is 3.48. The van der Waals surface area contributed by atoms with Gasteiger partial charge in [0, 0.05) is 39.0 Å². The van der Waals surface area contributed by atoms with E-state index in [1.807, 2.05) is 0 Å². The minimum Gasteiger partial charge on any atom is -0.356 e. The van der Waals surface area contributed by atoms with E-state index < -0.39 is 0 Å². The Balaban J connectivity index is 1.87. The van der Waals surface area contributed by atoms with Crippen molar-refractivity contribution in [2.75, 3.05) is 13.6 Å². The highest BCUT2D eigenvalue weighted by molar-refractivity contribution is 5.79. The molecule has 1 aliphatic heterocycles. The summed E-state index contributed by atoms with van der Waals surface area (Å²) in [6.07, 6.45) is 5.72. The molecule has 1 aromatic rings. The van der Waals surface area contributed by atoms with Gasteiger partial charge in [0.1, 0.15) is 11.6 Å². The zero-order valence-corrected chi connectivity index (χ0v) is 12.8. The van der Waals surface area contributed by atoms with Crippen LogP contribution in [0.2, 0.25) is 0 Å². The van der Waals surface area contributed by atoms with Gasteiger partial charge < -0.3 is 15.2 Å². The Hall–Kier alpha value is -1.59. The van der Waals surface area contributed by atoms with E-state index in [4.69, 9.17) is 0 Å². The van der Waals surface area contributed by atoms with E-state index in [-0.39, 0.29) is 0 Å². The summed E-state index contributed by atoms with van der Waals surface area (Å²) >= 11 is 0. The normalized spacial score (nSPS) is 15.9. The van der Waals surface area contributed by atoms with Crippen LogP contribution in [0.3, 0.4) is 0 Å². The van der Waals surface area contributed by atoms with E-state index in [0.29, 0.717) is 6.04 Å².